The molecule has 0 bridgehead atoms. The first-order valence-electron chi connectivity index (χ1n) is 9.25. The summed E-state index contributed by atoms with van der Waals surface area (Å²) in [6.07, 6.45) is 8.20. The van der Waals surface area contributed by atoms with Crippen molar-refractivity contribution >= 4 is 22.9 Å². The number of rotatable bonds is 6. The van der Waals surface area contributed by atoms with Crippen LogP contribution in [0.3, 0.4) is 0 Å². The Morgan fingerprint density at radius 1 is 0.963 bits per heavy atom. The Hall–Kier alpha value is -2.81. The fourth-order valence-electron chi connectivity index (χ4n) is 3.27. The predicted octanol–water partition coefficient (Wildman–Crippen LogP) is 1.15. The van der Waals surface area contributed by atoms with Gasteiger partial charge in [-0.2, -0.15) is 0 Å². The third kappa shape index (κ3) is 3.55. The van der Waals surface area contributed by atoms with Gasteiger partial charge in [0.1, 0.15) is 6.33 Å². The maximum Gasteiger partial charge on any atom is 0.225 e. The second-order valence-electron chi connectivity index (χ2n) is 6.52. The number of hydrogen-bond donors (Lipinski definition) is 0. The molecular weight excluding hydrogens is 344 g/mol. The Morgan fingerprint density at radius 3 is 2.41 bits per heavy atom. The van der Waals surface area contributed by atoms with Crippen LogP contribution in [0.25, 0.3) is 11.2 Å². The Morgan fingerprint density at radius 2 is 1.70 bits per heavy atom. The van der Waals surface area contributed by atoms with Gasteiger partial charge in [0.15, 0.2) is 17.0 Å². The molecule has 0 amide bonds. The van der Waals surface area contributed by atoms with E-state index in [2.05, 4.69) is 41.6 Å². The largest absolute Gasteiger partial charge is 0.383 e. The number of imidazole rings is 1. The van der Waals surface area contributed by atoms with Crippen LogP contribution in [-0.4, -0.2) is 69.4 Å². The second-order valence-corrected chi connectivity index (χ2v) is 6.52. The van der Waals surface area contributed by atoms with Crippen LogP contribution < -0.4 is 9.80 Å². The number of ether oxygens (including phenoxy) is 1. The lowest BCUT2D eigenvalue weighted by Gasteiger charge is -2.35. The van der Waals surface area contributed by atoms with Crippen LogP contribution in [-0.2, 0) is 17.7 Å². The van der Waals surface area contributed by atoms with Gasteiger partial charge in [0.25, 0.3) is 0 Å². The summed E-state index contributed by atoms with van der Waals surface area (Å²) in [6.45, 7) is 6.84. The van der Waals surface area contributed by atoms with E-state index in [-0.39, 0.29) is 0 Å². The minimum absolute atomic E-state index is 0.625. The van der Waals surface area contributed by atoms with E-state index in [1.165, 1.54) is 0 Å². The molecule has 0 N–H and O–H groups in total. The lowest BCUT2D eigenvalue weighted by molar-refractivity contribution is 0.188. The molecule has 9 nitrogen and oxygen atoms in total. The van der Waals surface area contributed by atoms with Crippen LogP contribution in [0.1, 0.15) is 12.5 Å². The van der Waals surface area contributed by atoms with E-state index in [1.54, 1.807) is 19.8 Å². The molecule has 4 heterocycles. The van der Waals surface area contributed by atoms with Crippen molar-refractivity contribution in [1.29, 1.82) is 0 Å². The third-order valence-electron chi connectivity index (χ3n) is 4.88. The summed E-state index contributed by atoms with van der Waals surface area (Å²) in [5.41, 5.74) is 2.84. The summed E-state index contributed by atoms with van der Waals surface area (Å²) in [5, 5.41) is 0. The highest BCUT2D eigenvalue weighted by Gasteiger charge is 2.22. The molecule has 0 aliphatic carbocycles. The van der Waals surface area contributed by atoms with Crippen LogP contribution in [0.4, 0.5) is 11.8 Å². The summed E-state index contributed by atoms with van der Waals surface area (Å²) in [5.74, 6) is 1.68. The molecule has 1 saturated heterocycles. The van der Waals surface area contributed by atoms with Crippen LogP contribution in [0.2, 0.25) is 0 Å². The predicted molar refractivity (Wildman–Crippen MR) is 103 cm³/mol. The van der Waals surface area contributed by atoms with Crippen molar-refractivity contribution < 1.29 is 4.74 Å². The minimum Gasteiger partial charge on any atom is -0.383 e. The molecule has 0 spiro atoms. The average molecular weight is 368 g/mol. The maximum absolute atomic E-state index is 5.16. The summed E-state index contributed by atoms with van der Waals surface area (Å²) in [6, 6.07) is 0. The van der Waals surface area contributed by atoms with Crippen LogP contribution in [0.15, 0.2) is 25.0 Å². The van der Waals surface area contributed by atoms with Gasteiger partial charge in [-0.1, -0.05) is 6.92 Å². The number of fused-ring (bicyclic) bond motifs is 1. The molecule has 27 heavy (non-hydrogen) atoms. The number of methoxy groups -OCH3 is 1. The van der Waals surface area contributed by atoms with Gasteiger partial charge >= 0.3 is 0 Å². The highest BCUT2D eigenvalue weighted by atomic mass is 16.5. The zero-order valence-electron chi connectivity index (χ0n) is 15.7. The quantitative estimate of drug-likeness (QED) is 0.641. The molecule has 0 radical (unpaired) electrons. The first-order chi connectivity index (χ1) is 13.3. The molecule has 1 fully saturated rings. The molecule has 3 aromatic heterocycles. The average Bonchev–Trinajstić information content (AvgIpc) is 3.15. The molecule has 0 aromatic carbocycles. The maximum atomic E-state index is 5.16. The molecule has 3 aromatic rings. The van der Waals surface area contributed by atoms with Gasteiger partial charge in [-0.3, -0.25) is 0 Å². The number of aryl methyl sites for hydroxylation is 1. The molecular formula is C18H24N8O. The highest BCUT2D eigenvalue weighted by molar-refractivity contribution is 5.83. The summed E-state index contributed by atoms with van der Waals surface area (Å²) in [7, 11) is 1.69. The van der Waals surface area contributed by atoms with Gasteiger partial charge in [0, 0.05) is 52.2 Å². The first kappa shape index (κ1) is 17.6. The standard InChI is InChI=1S/C18H24N8O/c1-3-14-10-19-18(20-11-14)25-6-4-24(5-7-25)16-15-17(22-12-21-16)26(13-23-15)8-9-27-2/h10-13H,3-9H2,1-2H3. The van der Waals surface area contributed by atoms with Gasteiger partial charge in [0.2, 0.25) is 5.95 Å². The van der Waals surface area contributed by atoms with Gasteiger partial charge in [-0.25, -0.2) is 24.9 Å². The minimum atomic E-state index is 0.625. The fraction of sp³-hybridized carbons (Fsp3) is 0.500. The molecule has 0 saturated carbocycles. The second kappa shape index (κ2) is 7.83. The number of anilines is 2. The Kier molecular flexibility index (Phi) is 5.10. The monoisotopic (exact) mass is 368 g/mol. The number of aromatic nitrogens is 6. The molecule has 0 unspecified atom stereocenters. The smallest absolute Gasteiger partial charge is 0.225 e. The van der Waals surface area contributed by atoms with Gasteiger partial charge in [-0.15, -0.1) is 0 Å². The van der Waals surface area contributed by atoms with E-state index in [0.717, 1.165) is 67.6 Å². The van der Waals surface area contributed by atoms with E-state index in [9.17, 15) is 0 Å². The van der Waals surface area contributed by atoms with Crippen molar-refractivity contribution in [3.8, 4) is 0 Å². The first-order valence-corrected chi connectivity index (χ1v) is 9.25. The molecule has 9 heteroatoms. The van der Waals surface area contributed by atoms with Crippen LogP contribution in [0.5, 0.6) is 0 Å². The normalized spacial score (nSPS) is 14.9. The van der Waals surface area contributed by atoms with Crippen molar-refractivity contribution in [1.82, 2.24) is 29.5 Å². The molecule has 4 rings (SSSR count). The van der Waals surface area contributed by atoms with E-state index in [0.29, 0.717) is 6.61 Å². The molecule has 1 aliphatic heterocycles. The number of hydrogen-bond acceptors (Lipinski definition) is 8. The van der Waals surface area contributed by atoms with E-state index >= 15 is 0 Å². The van der Waals surface area contributed by atoms with Crippen molar-refractivity contribution in [3.05, 3.63) is 30.6 Å². The zero-order valence-corrected chi connectivity index (χ0v) is 15.7. The van der Waals surface area contributed by atoms with Crippen molar-refractivity contribution in [2.45, 2.75) is 19.9 Å². The van der Waals surface area contributed by atoms with Crippen LogP contribution in [0, 0.1) is 0 Å². The van der Waals surface area contributed by atoms with Crippen molar-refractivity contribution in [3.63, 3.8) is 0 Å². The zero-order chi connectivity index (χ0) is 18.6. The summed E-state index contributed by atoms with van der Waals surface area (Å²) >= 11 is 0. The van der Waals surface area contributed by atoms with Crippen molar-refractivity contribution in [2.75, 3.05) is 49.7 Å². The van der Waals surface area contributed by atoms with E-state index in [4.69, 9.17) is 4.74 Å². The Bertz CT molecular complexity index is 886. The lowest BCUT2D eigenvalue weighted by Crippen LogP contribution is -2.47. The Labute approximate surface area is 158 Å². The van der Waals surface area contributed by atoms with Gasteiger partial charge < -0.3 is 19.1 Å². The molecule has 142 valence electrons. The third-order valence-corrected chi connectivity index (χ3v) is 4.88. The SMILES string of the molecule is CCc1cnc(N2CCN(c3ncnc4c3ncn4CCOC)CC2)nc1. The lowest BCUT2D eigenvalue weighted by atomic mass is 10.3. The topological polar surface area (TPSA) is 85.1 Å². The van der Waals surface area contributed by atoms with E-state index in [1.807, 2.05) is 17.0 Å². The summed E-state index contributed by atoms with van der Waals surface area (Å²) < 4.78 is 7.16. The summed E-state index contributed by atoms with van der Waals surface area (Å²) in [4.78, 5) is 26.9. The highest BCUT2D eigenvalue weighted by Crippen LogP contribution is 2.23. The van der Waals surface area contributed by atoms with Gasteiger partial charge in [-0.05, 0) is 12.0 Å². The fourth-order valence-corrected chi connectivity index (χ4v) is 3.27. The van der Waals surface area contributed by atoms with Crippen LogP contribution >= 0.6 is 0 Å². The molecule has 1 aliphatic rings. The molecule has 0 atom stereocenters. The number of piperazine rings is 1. The number of nitrogens with zero attached hydrogens (tertiary/aromatic N) is 8. The Balaban J connectivity index is 1.48. The van der Waals surface area contributed by atoms with Crippen molar-refractivity contribution in [2.24, 2.45) is 0 Å². The van der Waals surface area contributed by atoms with E-state index < -0.39 is 0 Å². The van der Waals surface area contributed by atoms with Gasteiger partial charge in [0.05, 0.1) is 12.9 Å².